The van der Waals surface area contributed by atoms with Crippen molar-refractivity contribution in [3.05, 3.63) is 0 Å². The van der Waals surface area contributed by atoms with Gasteiger partial charge in [0.25, 0.3) is 0 Å². The Bertz CT molecular complexity index is 128. The Hall–Kier alpha value is 0.177. The summed E-state index contributed by atoms with van der Waals surface area (Å²) in [6, 6.07) is 1.41. The van der Waals surface area contributed by atoms with Gasteiger partial charge < -0.3 is 5.11 Å². The maximum atomic E-state index is 9.31. The smallest absolute Gasteiger partial charge is 0.0542 e. The second kappa shape index (κ2) is 3.28. The lowest BCUT2D eigenvalue weighted by Gasteiger charge is -2.20. The van der Waals surface area contributed by atoms with Crippen LogP contribution in [0.3, 0.4) is 0 Å². The van der Waals surface area contributed by atoms with E-state index < -0.39 is 8.07 Å². The summed E-state index contributed by atoms with van der Waals surface area (Å²) >= 11 is 0. The Kier molecular flexibility index (Phi) is 2.76. The van der Waals surface area contributed by atoms with Crippen LogP contribution in [0.5, 0.6) is 0 Å². The van der Waals surface area contributed by atoms with Crippen LogP contribution in [0.4, 0.5) is 0 Å². The van der Waals surface area contributed by atoms with Gasteiger partial charge in [0.05, 0.1) is 6.10 Å². The first-order valence-corrected chi connectivity index (χ1v) is 8.36. The molecule has 1 rings (SSSR count). The minimum absolute atomic E-state index is 0.0244. The molecule has 1 aliphatic rings. The van der Waals surface area contributed by atoms with Crippen LogP contribution in [-0.4, -0.2) is 19.3 Å². The van der Waals surface area contributed by atoms with Gasteiger partial charge in [-0.05, 0) is 25.2 Å². The molecule has 1 fully saturated rings. The number of aliphatic hydroxyl groups excluding tert-OH is 1. The summed E-state index contributed by atoms with van der Waals surface area (Å²) < 4.78 is 0. The summed E-state index contributed by atoms with van der Waals surface area (Å²) in [6.45, 7) is 7.24. The average Bonchev–Trinajstić information content (AvgIpc) is 2.10. The zero-order valence-corrected chi connectivity index (χ0v) is 8.93. The Labute approximate surface area is 70.8 Å². The molecule has 1 N–H and O–H groups in total. The SMILES string of the molecule is C[Si](C)(C)CC1CCC(O)C1. The summed E-state index contributed by atoms with van der Waals surface area (Å²) in [5.41, 5.74) is 0. The first-order valence-electron chi connectivity index (χ1n) is 4.65. The second-order valence-electron chi connectivity index (χ2n) is 5.10. The second-order valence-corrected chi connectivity index (χ2v) is 10.6. The predicted molar refractivity (Wildman–Crippen MR) is 51.5 cm³/mol. The lowest BCUT2D eigenvalue weighted by atomic mass is 10.1. The van der Waals surface area contributed by atoms with Crippen molar-refractivity contribution >= 4 is 8.07 Å². The molecule has 66 valence electrons. The van der Waals surface area contributed by atoms with E-state index in [2.05, 4.69) is 19.6 Å². The quantitative estimate of drug-likeness (QED) is 0.635. The van der Waals surface area contributed by atoms with Gasteiger partial charge in [-0.1, -0.05) is 25.7 Å². The standard InChI is InChI=1S/C9H20OSi/c1-11(2,3)7-8-4-5-9(10)6-8/h8-10H,4-7H2,1-3H3. The highest BCUT2D eigenvalue weighted by Crippen LogP contribution is 2.32. The summed E-state index contributed by atoms with van der Waals surface area (Å²) in [5.74, 6) is 0.844. The van der Waals surface area contributed by atoms with Crippen molar-refractivity contribution in [1.29, 1.82) is 0 Å². The van der Waals surface area contributed by atoms with E-state index in [-0.39, 0.29) is 6.10 Å². The lowest BCUT2D eigenvalue weighted by Crippen LogP contribution is -2.23. The van der Waals surface area contributed by atoms with Crippen molar-refractivity contribution in [2.75, 3.05) is 0 Å². The molecule has 0 spiro atoms. The molecule has 0 heterocycles. The largest absolute Gasteiger partial charge is 0.393 e. The number of hydrogen-bond acceptors (Lipinski definition) is 1. The van der Waals surface area contributed by atoms with Gasteiger partial charge in [0.2, 0.25) is 0 Å². The van der Waals surface area contributed by atoms with Gasteiger partial charge in [-0.25, -0.2) is 0 Å². The van der Waals surface area contributed by atoms with Gasteiger partial charge in [0, 0.05) is 8.07 Å². The number of hydrogen-bond donors (Lipinski definition) is 1. The third-order valence-electron chi connectivity index (χ3n) is 2.41. The van der Waals surface area contributed by atoms with Crippen molar-refractivity contribution in [3.63, 3.8) is 0 Å². The predicted octanol–water partition coefficient (Wildman–Crippen LogP) is 2.49. The van der Waals surface area contributed by atoms with E-state index >= 15 is 0 Å². The molecule has 0 aromatic rings. The van der Waals surface area contributed by atoms with E-state index in [1.807, 2.05) is 0 Å². The molecule has 0 bridgehead atoms. The summed E-state index contributed by atoms with van der Waals surface area (Å²) in [6.07, 6.45) is 3.42. The molecule has 0 amide bonds. The fourth-order valence-corrected chi connectivity index (χ4v) is 4.20. The van der Waals surface area contributed by atoms with Crippen LogP contribution in [0.1, 0.15) is 19.3 Å². The van der Waals surface area contributed by atoms with Gasteiger partial charge in [-0.2, -0.15) is 0 Å². The van der Waals surface area contributed by atoms with Gasteiger partial charge in [0.1, 0.15) is 0 Å². The average molecular weight is 172 g/mol. The molecule has 0 aromatic heterocycles. The highest BCUT2D eigenvalue weighted by atomic mass is 28.3. The Balaban J connectivity index is 2.29. The summed E-state index contributed by atoms with van der Waals surface area (Å²) in [5, 5.41) is 9.31. The summed E-state index contributed by atoms with van der Waals surface area (Å²) in [7, 11) is -0.863. The van der Waals surface area contributed by atoms with Crippen LogP contribution in [0.15, 0.2) is 0 Å². The molecule has 1 saturated carbocycles. The molecule has 1 aliphatic carbocycles. The molecule has 0 saturated heterocycles. The van der Waals surface area contributed by atoms with Gasteiger partial charge >= 0.3 is 0 Å². The molecule has 1 nitrogen and oxygen atoms in total. The molecular formula is C9H20OSi. The van der Waals surface area contributed by atoms with Crippen LogP contribution in [0.2, 0.25) is 25.7 Å². The fraction of sp³-hybridized carbons (Fsp3) is 1.00. The highest BCUT2D eigenvalue weighted by molar-refractivity contribution is 6.76. The van der Waals surface area contributed by atoms with Crippen LogP contribution in [0.25, 0.3) is 0 Å². The highest BCUT2D eigenvalue weighted by Gasteiger charge is 2.27. The van der Waals surface area contributed by atoms with Gasteiger partial charge in [-0.15, -0.1) is 0 Å². The number of rotatable bonds is 2. The third kappa shape index (κ3) is 3.39. The molecule has 0 aromatic carbocycles. The maximum absolute atomic E-state index is 9.31. The Morgan fingerprint density at radius 3 is 2.27 bits per heavy atom. The Morgan fingerprint density at radius 1 is 1.27 bits per heavy atom. The van der Waals surface area contributed by atoms with Crippen molar-refractivity contribution in [3.8, 4) is 0 Å². The van der Waals surface area contributed by atoms with Gasteiger partial charge in [0.15, 0.2) is 0 Å². The normalized spacial score (nSPS) is 32.7. The van der Waals surface area contributed by atoms with E-state index in [4.69, 9.17) is 0 Å². The first-order chi connectivity index (χ1) is 4.97. The van der Waals surface area contributed by atoms with E-state index in [9.17, 15) is 5.11 Å². The zero-order valence-electron chi connectivity index (χ0n) is 7.93. The fourth-order valence-electron chi connectivity index (χ4n) is 2.10. The van der Waals surface area contributed by atoms with Gasteiger partial charge in [-0.3, -0.25) is 0 Å². The van der Waals surface area contributed by atoms with Crippen molar-refractivity contribution in [1.82, 2.24) is 0 Å². The molecule has 11 heavy (non-hydrogen) atoms. The van der Waals surface area contributed by atoms with E-state index in [0.717, 1.165) is 18.8 Å². The van der Waals surface area contributed by atoms with E-state index in [0.29, 0.717) is 0 Å². The van der Waals surface area contributed by atoms with E-state index in [1.165, 1.54) is 12.5 Å². The lowest BCUT2D eigenvalue weighted by molar-refractivity contribution is 0.178. The molecular weight excluding hydrogens is 152 g/mol. The summed E-state index contributed by atoms with van der Waals surface area (Å²) in [4.78, 5) is 0. The molecule has 2 unspecified atom stereocenters. The van der Waals surface area contributed by atoms with E-state index in [1.54, 1.807) is 0 Å². The topological polar surface area (TPSA) is 20.2 Å². The monoisotopic (exact) mass is 172 g/mol. The van der Waals surface area contributed by atoms with Crippen LogP contribution in [-0.2, 0) is 0 Å². The molecule has 0 aliphatic heterocycles. The first kappa shape index (κ1) is 9.27. The zero-order chi connectivity index (χ0) is 8.48. The minimum atomic E-state index is -0.863. The van der Waals surface area contributed by atoms with Crippen LogP contribution >= 0.6 is 0 Å². The van der Waals surface area contributed by atoms with Crippen LogP contribution < -0.4 is 0 Å². The Morgan fingerprint density at radius 2 is 1.91 bits per heavy atom. The molecule has 2 atom stereocenters. The third-order valence-corrected chi connectivity index (χ3v) is 4.22. The number of aliphatic hydroxyl groups is 1. The van der Waals surface area contributed by atoms with Crippen LogP contribution in [0, 0.1) is 5.92 Å². The maximum Gasteiger partial charge on any atom is 0.0542 e. The molecule has 2 heteroatoms. The van der Waals surface area contributed by atoms with Crippen molar-refractivity contribution in [2.24, 2.45) is 5.92 Å². The van der Waals surface area contributed by atoms with Crippen molar-refractivity contribution in [2.45, 2.75) is 51.1 Å². The van der Waals surface area contributed by atoms with Crippen molar-refractivity contribution < 1.29 is 5.11 Å². The molecule has 0 radical (unpaired) electrons. The minimum Gasteiger partial charge on any atom is -0.393 e.